The number of allylic oxidation sites excluding steroid dienone is 1. The van der Waals surface area contributed by atoms with E-state index in [0.29, 0.717) is 24.8 Å². The molecule has 1 saturated carbocycles. The fraction of sp³-hybridized carbons (Fsp3) is 0.545. The van der Waals surface area contributed by atoms with E-state index >= 15 is 0 Å². The summed E-state index contributed by atoms with van der Waals surface area (Å²) in [6.07, 6.45) is 1.45. The Morgan fingerprint density at radius 3 is 2.53 bits per heavy atom. The second kappa shape index (κ2) is 3.02. The maximum atomic E-state index is 11.7. The van der Waals surface area contributed by atoms with E-state index in [0.717, 1.165) is 0 Å². The average Bonchev–Trinajstić information content (AvgIpc) is 2.44. The molecule has 15 heavy (non-hydrogen) atoms. The number of hydrogen-bond donors (Lipinski definition) is 1. The fourth-order valence-corrected chi connectivity index (χ4v) is 2.55. The molecule has 0 bridgehead atoms. The molecular formula is C11H12O4. The van der Waals surface area contributed by atoms with Gasteiger partial charge in [0.25, 0.3) is 0 Å². The van der Waals surface area contributed by atoms with Gasteiger partial charge < -0.3 is 5.11 Å². The van der Waals surface area contributed by atoms with Crippen LogP contribution in [-0.4, -0.2) is 22.6 Å². The third-order valence-electron chi connectivity index (χ3n) is 3.53. The molecule has 2 aliphatic carbocycles. The molecule has 1 fully saturated rings. The van der Waals surface area contributed by atoms with E-state index in [1.54, 1.807) is 6.92 Å². The van der Waals surface area contributed by atoms with E-state index in [-0.39, 0.29) is 23.6 Å². The van der Waals surface area contributed by atoms with Crippen LogP contribution in [0.2, 0.25) is 0 Å². The van der Waals surface area contributed by atoms with E-state index in [9.17, 15) is 14.4 Å². The van der Waals surface area contributed by atoms with Gasteiger partial charge in [-0.1, -0.05) is 0 Å². The third-order valence-corrected chi connectivity index (χ3v) is 3.53. The Bertz CT molecular complexity index is 405. The SMILES string of the molecule is CC12CCC(=O)C(C(=O)O)=C1CCC2=O. The van der Waals surface area contributed by atoms with E-state index in [1.807, 2.05) is 0 Å². The first-order chi connectivity index (χ1) is 6.97. The van der Waals surface area contributed by atoms with Crippen LogP contribution >= 0.6 is 0 Å². The van der Waals surface area contributed by atoms with Crippen LogP contribution in [0.4, 0.5) is 0 Å². The van der Waals surface area contributed by atoms with Crippen molar-refractivity contribution in [2.45, 2.75) is 32.6 Å². The zero-order valence-electron chi connectivity index (χ0n) is 8.50. The molecule has 80 valence electrons. The van der Waals surface area contributed by atoms with Crippen molar-refractivity contribution < 1.29 is 19.5 Å². The lowest BCUT2D eigenvalue weighted by Gasteiger charge is -2.29. The number of rotatable bonds is 1. The number of carbonyl (C=O) groups is 3. The van der Waals surface area contributed by atoms with Gasteiger partial charge in [0.15, 0.2) is 5.78 Å². The smallest absolute Gasteiger partial charge is 0.339 e. The highest BCUT2D eigenvalue weighted by Crippen LogP contribution is 2.48. The Hall–Kier alpha value is -1.45. The normalized spacial score (nSPS) is 30.7. The lowest BCUT2D eigenvalue weighted by atomic mass is 9.72. The quantitative estimate of drug-likeness (QED) is 0.655. The summed E-state index contributed by atoms with van der Waals surface area (Å²) in [6, 6.07) is 0. The molecule has 0 aromatic rings. The van der Waals surface area contributed by atoms with Crippen molar-refractivity contribution in [1.82, 2.24) is 0 Å². The van der Waals surface area contributed by atoms with Gasteiger partial charge in [-0.25, -0.2) is 4.79 Å². The molecule has 0 amide bonds. The summed E-state index contributed by atoms with van der Waals surface area (Å²) in [7, 11) is 0. The topological polar surface area (TPSA) is 71.4 Å². The molecule has 0 saturated heterocycles. The van der Waals surface area contributed by atoms with Gasteiger partial charge in [-0.2, -0.15) is 0 Å². The zero-order valence-corrected chi connectivity index (χ0v) is 8.50. The summed E-state index contributed by atoms with van der Waals surface area (Å²) in [5.41, 5.74) is -0.257. The second-order valence-corrected chi connectivity index (χ2v) is 4.34. The number of carboxylic acids is 1. The van der Waals surface area contributed by atoms with Gasteiger partial charge >= 0.3 is 5.97 Å². The molecular weight excluding hydrogens is 196 g/mol. The van der Waals surface area contributed by atoms with Crippen molar-refractivity contribution in [2.75, 3.05) is 0 Å². The summed E-state index contributed by atoms with van der Waals surface area (Å²) in [5.74, 6) is -1.44. The number of aliphatic carboxylic acids is 1. The van der Waals surface area contributed by atoms with E-state index < -0.39 is 11.4 Å². The van der Waals surface area contributed by atoms with Crippen LogP contribution in [-0.2, 0) is 14.4 Å². The average molecular weight is 208 g/mol. The molecule has 0 aromatic carbocycles. The van der Waals surface area contributed by atoms with E-state index in [4.69, 9.17) is 5.11 Å². The Kier molecular flexibility index (Phi) is 2.03. The van der Waals surface area contributed by atoms with Crippen molar-refractivity contribution in [1.29, 1.82) is 0 Å². The zero-order chi connectivity index (χ0) is 11.2. The van der Waals surface area contributed by atoms with Gasteiger partial charge in [0.05, 0.1) is 0 Å². The molecule has 0 radical (unpaired) electrons. The van der Waals surface area contributed by atoms with E-state index in [2.05, 4.69) is 0 Å². The van der Waals surface area contributed by atoms with Gasteiger partial charge in [0, 0.05) is 18.3 Å². The molecule has 0 aromatic heterocycles. The van der Waals surface area contributed by atoms with Crippen LogP contribution < -0.4 is 0 Å². The van der Waals surface area contributed by atoms with Crippen LogP contribution in [0.25, 0.3) is 0 Å². The highest BCUT2D eigenvalue weighted by Gasteiger charge is 2.48. The molecule has 0 heterocycles. The highest BCUT2D eigenvalue weighted by molar-refractivity contribution is 6.19. The van der Waals surface area contributed by atoms with Gasteiger partial charge in [-0.15, -0.1) is 0 Å². The molecule has 1 unspecified atom stereocenters. The predicted octanol–water partition coefficient (Wildman–Crippen LogP) is 1.10. The minimum Gasteiger partial charge on any atom is -0.478 e. The van der Waals surface area contributed by atoms with E-state index in [1.165, 1.54) is 0 Å². The van der Waals surface area contributed by atoms with Crippen molar-refractivity contribution in [3.63, 3.8) is 0 Å². The lowest BCUT2D eigenvalue weighted by molar-refractivity contribution is -0.135. The summed E-state index contributed by atoms with van der Waals surface area (Å²) in [5, 5.41) is 8.97. The minimum absolute atomic E-state index is 0.0729. The molecule has 4 heteroatoms. The standard InChI is InChI=1S/C11H12O4/c1-11-5-4-7(12)9(10(14)15)6(11)2-3-8(11)13/h2-5H2,1H3,(H,14,15). The Balaban J connectivity index is 2.61. The maximum Gasteiger partial charge on any atom is 0.339 e. The minimum atomic E-state index is -1.18. The van der Waals surface area contributed by atoms with Crippen LogP contribution in [0, 0.1) is 5.41 Å². The molecule has 0 spiro atoms. The monoisotopic (exact) mass is 208 g/mol. The van der Waals surface area contributed by atoms with Gasteiger partial charge in [-0.3, -0.25) is 9.59 Å². The van der Waals surface area contributed by atoms with Gasteiger partial charge in [-0.05, 0) is 25.3 Å². The molecule has 1 atom stereocenters. The molecule has 4 nitrogen and oxygen atoms in total. The third kappa shape index (κ3) is 1.24. The molecule has 0 aliphatic heterocycles. The van der Waals surface area contributed by atoms with Crippen LogP contribution in [0.5, 0.6) is 0 Å². The van der Waals surface area contributed by atoms with Gasteiger partial charge in [0.1, 0.15) is 11.4 Å². The molecule has 2 rings (SSSR count). The number of carbonyl (C=O) groups excluding carboxylic acids is 2. The van der Waals surface area contributed by atoms with Crippen molar-refractivity contribution in [3.8, 4) is 0 Å². The first kappa shape index (κ1) is 10.1. The predicted molar refractivity (Wildman–Crippen MR) is 51.3 cm³/mol. The Labute approximate surface area is 87.0 Å². The summed E-state index contributed by atoms with van der Waals surface area (Å²) in [4.78, 5) is 34.1. The van der Waals surface area contributed by atoms with Gasteiger partial charge in [0.2, 0.25) is 0 Å². The van der Waals surface area contributed by atoms with Crippen molar-refractivity contribution in [2.24, 2.45) is 5.41 Å². The second-order valence-electron chi connectivity index (χ2n) is 4.34. The largest absolute Gasteiger partial charge is 0.478 e. The van der Waals surface area contributed by atoms with Crippen molar-refractivity contribution >= 4 is 17.5 Å². The first-order valence-corrected chi connectivity index (χ1v) is 5.00. The maximum absolute atomic E-state index is 11.7. The number of Topliss-reactive ketones (excluding diaryl/α,β-unsaturated/α-hetero) is 2. The summed E-state index contributed by atoms with van der Waals surface area (Å²) >= 11 is 0. The molecule has 1 N–H and O–H groups in total. The highest BCUT2D eigenvalue weighted by atomic mass is 16.4. The number of fused-ring (bicyclic) bond motifs is 1. The Morgan fingerprint density at radius 2 is 1.93 bits per heavy atom. The van der Waals surface area contributed by atoms with Crippen LogP contribution in [0.15, 0.2) is 11.1 Å². The van der Waals surface area contributed by atoms with Crippen LogP contribution in [0.3, 0.4) is 0 Å². The molecule has 2 aliphatic rings. The first-order valence-electron chi connectivity index (χ1n) is 5.00. The van der Waals surface area contributed by atoms with Crippen molar-refractivity contribution in [3.05, 3.63) is 11.1 Å². The summed E-state index contributed by atoms with van der Waals surface area (Å²) < 4.78 is 0. The fourth-order valence-electron chi connectivity index (χ4n) is 2.55. The number of carboxylic acid groups (broad SMARTS) is 1. The Morgan fingerprint density at radius 1 is 1.27 bits per heavy atom. The summed E-state index contributed by atoms with van der Waals surface area (Å²) in [6.45, 7) is 1.76. The van der Waals surface area contributed by atoms with Crippen LogP contribution in [0.1, 0.15) is 32.6 Å². The number of ketones is 2. The lowest BCUT2D eigenvalue weighted by Crippen LogP contribution is -2.32. The number of hydrogen-bond acceptors (Lipinski definition) is 3.